The standard InChI is InChI=1S/C13H15N3O2S/c1-9(8-11-4-3-7-19-11)14-13-6-5-12(16(17)18)10(2)15-13/h3-7,9H,8H2,1-2H3,(H,14,15). The summed E-state index contributed by atoms with van der Waals surface area (Å²) < 4.78 is 0. The van der Waals surface area contributed by atoms with E-state index in [4.69, 9.17) is 0 Å². The van der Waals surface area contributed by atoms with Gasteiger partial charge in [-0.05, 0) is 31.4 Å². The summed E-state index contributed by atoms with van der Waals surface area (Å²) in [4.78, 5) is 15.8. The van der Waals surface area contributed by atoms with E-state index in [0.717, 1.165) is 6.42 Å². The summed E-state index contributed by atoms with van der Waals surface area (Å²) in [7, 11) is 0. The van der Waals surface area contributed by atoms with Crippen LogP contribution in [0.25, 0.3) is 0 Å². The number of hydrogen-bond acceptors (Lipinski definition) is 5. The molecule has 0 aliphatic heterocycles. The second-order valence-electron chi connectivity index (χ2n) is 4.39. The molecule has 0 fully saturated rings. The lowest BCUT2D eigenvalue weighted by Crippen LogP contribution is -2.18. The molecule has 0 amide bonds. The zero-order valence-corrected chi connectivity index (χ0v) is 11.6. The number of aryl methyl sites for hydroxylation is 1. The van der Waals surface area contributed by atoms with Crippen LogP contribution >= 0.6 is 11.3 Å². The molecule has 0 bridgehead atoms. The van der Waals surface area contributed by atoms with E-state index in [2.05, 4.69) is 28.7 Å². The third-order valence-corrected chi connectivity index (χ3v) is 3.64. The Kier molecular flexibility index (Phi) is 4.11. The molecule has 100 valence electrons. The van der Waals surface area contributed by atoms with E-state index in [1.807, 2.05) is 6.07 Å². The summed E-state index contributed by atoms with van der Waals surface area (Å²) in [5.41, 5.74) is 0.481. The maximum atomic E-state index is 10.7. The van der Waals surface area contributed by atoms with Gasteiger partial charge in [-0.2, -0.15) is 0 Å². The van der Waals surface area contributed by atoms with Gasteiger partial charge in [-0.15, -0.1) is 11.3 Å². The lowest BCUT2D eigenvalue weighted by atomic mass is 10.2. The molecule has 0 saturated heterocycles. The number of thiophene rings is 1. The lowest BCUT2D eigenvalue weighted by Gasteiger charge is -2.13. The Morgan fingerprint density at radius 3 is 2.84 bits per heavy atom. The minimum absolute atomic E-state index is 0.0523. The molecule has 1 atom stereocenters. The van der Waals surface area contributed by atoms with Crippen LogP contribution in [0.3, 0.4) is 0 Å². The maximum absolute atomic E-state index is 10.7. The van der Waals surface area contributed by atoms with Crippen molar-refractivity contribution in [2.24, 2.45) is 0 Å². The third kappa shape index (κ3) is 3.51. The van der Waals surface area contributed by atoms with Crippen LogP contribution in [0.4, 0.5) is 11.5 Å². The van der Waals surface area contributed by atoms with E-state index in [-0.39, 0.29) is 11.7 Å². The van der Waals surface area contributed by atoms with Crippen LogP contribution in [0, 0.1) is 17.0 Å². The summed E-state index contributed by atoms with van der Waals surface area (Å²) in [6.07, 6.45) is 0.912. The number of nitro groups is 1. The van der Waals surface area contributed by atoms with Crippen LogP contribution in [-0.2, 0) is 6.42 Å². The van der Waals surface area contributed by atoms with Crippen molar-refractivity contribution in [2.45, 2.75) is 26.3 Å². The van der Waals surface area contributed by atoms with Crippen molar-refractivity contribution < 1.29 is 4.92 Å². The molecular formula is C13H15N3O2S. The number of nitrogens with zero attached hydrogens (tertiary/aromatic N) is 2. The molecule has 19 heavy (non-hydrogen) atoms. The normalized spacial score (nSPS) is 12.1. The zero-order chi connectivity index (χ0) is 13.8. The number of hydrogen-bond donors (Lipinski definition) is 1. The Balaban J connectivity index is 2.03. The third-order valence-electron chi connectivity index (χ3n) is 2.74. The lowest BCUT2D eigenvalue weighted by molar-refractivity contribution is -0.385. The number of anilines is 1. The minimum atomic E-state index is -0.415. The fourth-order valence-electron chi connectivity index (χ4n) is 1.86. The van der Waals surface area contributed by atoms with E-state index >= 15 is 0 Å². The van der Waals surface area contributed by atoms with E-state index in [0.29, 0.717) is 11.5 Å². The van der Waals surface area contributed by atoms with Crippen molar-refractivity contribution >= 4 is 22.8 Å². The second kappa shape index (κ2) is 5.79. The van der Waals surface area contributed by atoms with Crippen molar-refractivity contribution in [2.75, 3.05) is 5.32 Å². The van der Waals surface area contributed by atoms with Gasteiger partial charge in [-0.1, -0.05) is 6.07 Å². The number of aromatic nitrogens is 1. The Hall–Kier alpha value is -1.95. The molecule has 2 aromatic rings. The first-order valence-corrected chi connectivity index (χ1v) is 6.85. The fourth-order valence-corrected chi connectivity index (χ4v) is 2.70. The molecule has 0 aliphatic carbocycles. The van der Waals surface area contributed by atoms with Crippen molar-refractivity contribution in [1.29, 1.82) is 0 Å². The van der Waals surface area contributed by atoms with Crippen LogP contribution in [0.15, 0.2) is 29.6 Å². The van der Waals surface area contributed by atoms with Gasteiger partial charge in [-0.25, -0.2) is 4.98 Å². The Bertz CT molecular complexity index is 569. The van der Waals surface area contributed by atoms with Gasteiger partial charge in [0.2, 0.25) is 0 Å². The van der Waals surface area contributed by atoms with E-state index in [1.165, 1.54) is 10.9 Å². The highest BCUT2D eigenvalue weighted by Gasteiger charge is 2.12. The highest BCUT2D eigenvalue weighted by Crippen LogP contribution is 2.19. The summed E-state index contributed by atoms with van der Waals surface area (Å²) in [6.45, 7) is 3.71. The average Bonchev–Trinajstić information content (AvgIpc) is 2.81. The second-order valence-corrected chi connectivity index (χ2v) is 5.42. The highest BCUT2D eigenvalue weighted by atomic mass is 32.1. The van der Waals surface area contributed by atoms with Gasteiger partial charge in [0, 0.05) is 23.4 Å². The summed E-state index contributed by atoms with van der Waals surface area (Å²) in [5.74, 6) is 0.673. The molecule has 0 aliphatic rings. The van der Waals surface area contributed by atoms with Gasteiger partial charge in [0.1, 0.15) is 11.5 Å². The molecule has 1 N–H and O–H groups in total. The maximum Gasteiger partial charge on any atom is 0.290 e. The Labute approximate surface area is 115 Å². The molecule has 5 nitrogen and oxygen atoms in total. The SMILES string of the molecule is Cc1nc(NC(C)Cc2cccs2)ccc1[N+](=O)[O-]. The fraction of sp³-hybridized carbons (Fsp3) is 0.308. The molecule has 0 spiro atoms. The number of nitrogens with one attached hydrogen (secondary N) is 1. The van der Waals surface area contributed by atoms with Crippen LogP contribution in [0.1, 0.15) is 17.5 Å². The zero-order valence-electron chi connectivity index (χ0n) is 10.8. The smallest absolute Gasteiger partial charge is 0.290 e. The predicted octanol–water partition coefficient (Wildman–Crippen LogP) is 3.40. The molecule has 2 rings (SSSR count). The van der Waals surface area contributed by atoms with Gasteiger partial charge in [-0.3, -0.25) is 10.1 Å². The molecule has 1 unspecified atom stereocenters. The van der Waals surface area contributed by atoms with Crippen molar-refractivity contribution in [3.8, 4) is 0 Å². The van der Waals surface area contributed by atoms with Gasteiger partial charge < -0.3 is 5.32 Å². The van der Waals surface area contributed by atoms with Gasteiger partial charge in [0.05, 0.1) is 4.92 Å². The summed E-state index contributed by atoms with van der Waals surface area (Å²) in [6, 6.07) is 7.49. The van der Waals surface area contributed by atoms with Crippen LogP contribution in [-0.4, -0.2) is 15.9 Å². The minimum Gasteiger partial charge on any atom is -0.367 e. The average molecular weight is 277 g/mol. The van der Waals surface area contributed by atoms with Crippen LogP contribution < -0.4 is 5.32 Å². The molecule has 6 heteroatoms. The summed E-state index contributed by atoms with van der Waals surface area (Å²) in [5, 5.41) is 16.0. The van der Waals surface area contributed by atoms with Gasteiger partial charge >= 0.3 is 0 Å². The predicted molar refractivity (Wildman–Crippen MR) is 76.7 cm³/mol. The van der Waals surface area contributed by atoms with Gasteiger partial charge in [0.15, 0.2) is 0 Å². The van der Waals surface area contributed by atoms with Crippen LogP contribution in [0.5, 0.6) is 0 Å². The molecule has 2 aromatic heterocycles. The number of pyridine rings is 1. The van der Waals surface area contributed by atoms with Gasteiger partial charge in [0.25, 0.3) is 5.69 Å². The monoisotopic (exact) mass is 277 g/mol. The Morgan fingerprint density at radius 1 is 1.47 bits per heavy atom. The molecule has 0 saturated carbocycles. The Morgan fingerprint density at radius 2 is 2.26 bits per heavy atom. The number of rotatable bonds is 5. The molecule has 2 heterocycles. The van der Waals surface area contributed by atoms with Crippen molar-refractivity contribution in [3.63, 3.8) is 0 Å². The van der Waals surface area contributed by atoms with Crippen LogP contribution in [0.2, 0.25) is 0 Å². The molecular weight excluding hydrogens is 262 g/mol. The summed E-state index contributed by atoms with van der Waals surface area (Å²) >= 11 is 1.72. The van der Waals surface area contributed by atoms with Crippen molar-refractivity contribution in [1.82, 2.24) is 4.98 Å². The first kappa shape index (κ1) is 13.5. The highest BCUT2D eigenvalue weighted by molar-refractivity contribution is 7.09. The molecule has 0 aromatic carbocycles. The molecule has 0 radical (unpaired) electrons. The largest absolute Gasteiger partial charge is 0.367 e. The van der Waals surface area contributed by atoms with E-state index < -0.39 is 4.92 Å². The quantitative estimate of drug-likeness (QED) is 0.671. The van der Waals surface area contributed by atoms with E-state index in [1.54, 1.807) is 24.3 Å². The van der Waals surface area contributed by atoms with Crippen molar-refractivity contribution in [3.05, 3.63) is 50.3 Å². The first-order valence-electron chi connectivity index (χ1n) is 5.97. The topological polar surface area (TPSA) is 68.1 Å². The van der Waals surface area contributed by atoms with E-state index in [9.17, 15) is 10.1 Å². The first-order chi connectivity index (χ1) is 9.06.